The van der Waals surface area contributed by atoms with Crippen LogP contribution < -0.4 is 0 Å². The molecule has 0 saturated carbocycles. The van der Waals surface area contributed by atoms with Crippen molar-refractivity contribution in [3.63, 3.8) is 0 Å². The molecule has 2 nitrogen and oxygen atoms in total. The van der Waals surface area contributed by atoms with Crippen molar-refractivity contribution in [2.75, 3.05) is 13.1 Å². The van der Waals surface area contributed by atoms with E-state index in [9.17, 15) is 18.3 Å². The third-order valence-electron chi connectivity index (χ3n) is 2.79. The number of halogens is 3. The smallest absolute Gasteiger partial charge is 0.390 e. The summed E-state index contributed by atoms with van der Waals surface area (Å²) in [5.74, 6) is 0. The molecule has 2 unspecified atom stereocenters. The molecule has 0 bridgehead atoms. The average Bonchev–Trinajstić information content (AvgIpc) is 2.46. The van der Waals surface area contributed by atoms with Gasteiger partial charge in [0, 0.05) is 12.6 Å². The standard InChI is InChI=1S/C10H18F3NO/c1-8(15)7-9-3-2-5-14(9)6-4-10(11,12)13/h8-9,15H,2-7H2,1H3. The van der Waals surface area contributed by atoms with E-state index in [1.165, 1.54) is 0 Å². The highest BCUT2D eigenvalue weighted by Gasteiger charge is 2.31. The summed E-state index contributed by atoms with van der Waals surface area (Å²) in [5, 5.41) is 9.21. The molecule has 1 saturated heterocycles. The zero-order chi connectivity index (χ0) is 11.5. The first-order valence-electron chi connectivity index (χ1n) is 5.37. The summed E-state index contributed by atoms with van der Waals surface area (Å²) in [7, 11) is 0. The maximum absolute atomic E-state index is 12.0. The SMILES string of the molecule is CC(O)CC1CCCN1CCC(F)(F)F. The quantitative estimate of drug-likeness (QED) is 0.792. The fourth-order valence-electron chi connectivity index (χ4n) is 2.12. The molecule has 1 aliphatic rings. The van der Waals surface area contributed by atoms with E-state index in [0.29, 0.717) is 6.42 Å². The number of likely N-dealkylation sites (tertiary alicyclic amines) is 1. The summed E-state index contributed by atoms with van der Waals surface area (Å²) in [6, 6.07) is 0.132. The Bertz CT molecular complexity index is 194. The van der Waals surface area contributed by atoms with Crippen molar-refractivity contribution >= 4 is 0 Å². The van der Waals surface area contributed by atoms with Gasteiger partial charge in [-0.05, 0) is 32.7 Å². The lowest BCUT2D eigenvalue weighted by Gasteiger charge is -2.25. The minimum absolute atomic E-state index is 0.0703. The molecule has 5 heteroatoms. The molecule has 0 amide bonds. The van der Waals surface area contributed by atoms with Crippen LogP contribution in [0.15, 0.2) is 0 Å². The Labute approximate surface area is 88.1 Å². The molecule has 0 aliphatic carbocycles. The molecule has 1 rings (SSSR count). The molecule has 2 atom stereocenters. The van der Waals surface area contributed by atoms with Crippen LogP contribution in [-0.4, -0.2) is 41.4 Å². The Morgan fingerprint density at radius 3 is 2.67 bits per heavy atom. The normalized spacial score (nSPS) is 25.8. The van der Waals surface area contributed by atoms with Gasteiger partial charge in [0.25, 0.3) is 0 Å². The van der Waals surface area contributed by atoms with E-state index in [1.807, 2.05) is 4.90 Å². The Balaban J connectivity index is 2.33. The first kappa shape index (κ1) is 12.8. The number of hydrogen-bond acceptors (Lipinski definition) is 2. The molecule has 1 fully saturated rings. The second-order valence-electron chi connectivity index (χ2n) is 4.28. The largest absolute Gasteiger partial charge is 0.393 e. The first-order valence-corrected chi connectivity index (χ1v) is 5.37. The lowest BCUT2D eigenvalue weighted by atomic mass is 10.1. The van der Waals surface area contributed by atoms with Gasteiger partial charge in [-0.1, -0.05) is 0 Å². The summed E-state index contributed by atoms with van der Waals surface area (Å²) in [5.41, 5.74) is 0. The molecule has 0 aromatic heterocycles. The van der Waals surface area contributed by atoms with Crippen LogP contribution in [0.2, 0.25) is 0 Å². The average molecular weight is 225 g/mol. The van der Waals surface area contributed by atoms with E-state index in [-0.39, 0.29) is 12.6 Å². The minimum Gasteiger partial charge on any atom is -0.393 e. The highest BCUT2D eigenvalue weighted by Crippen LogP contribution is 2.25. The zero-order valence-electron chi connectivity index (χ0n) is 8.93. The van der Waals surface area contributed by atoms with Crippen molar-refractivity contribution in [1.29, 1.82) is 0 Å². The molecule has 0 radical (unpaired) electrons. The number of aliphatic hydroxyl groups excluding tert-OH is 1. The molecular formula is C10H18F3NO. The van der Waals surface area contributed by atoms with Gasteiger partial charge in [0.2, 0.25) is 0 Å². The van der Waals surface area contributed by atoms with Crippen LogP contribution in [0.1, 0.15) is 32.6 Å². The van der Waals surface area contributed by atoms with Gasteiger partial charge in [0.15, 0.2) is 0 Å². The van der Waals surface area contributed by atoms with Crippen molar-refractivity contribution in [3.8, 4) is 0 Å². The fraction of sp³-hybridized carbons (Fsp3) is 1.00. The fourth-order valence-corrected chi connectivity index (χ4v) is 2.12. The third kappa shape index (κ3) is 4.84. The first-order chi connectivity index (χ1) is 6.88. The predicted octanol–water partition coefficient (Wildman–Crippen LogP) is 2.17. The number of nitrogens with zero attached hydrogens (tertiary/aromatic N) is 1. The van der Waals surface area contributed by atoms with Gasteiger partial charge in [-0.2, -0.15) is 13.2 Å². The van der Waals surface area contributed by atoms with Crippen LogP contribution in [0.3, 0.4) is 0 Å². The van der Waals surface area contributed by atoms with Crippen molar-refractivity contribution in [3.05, 3.63) is 0 Å². The van der Waals surface area contributed by atoms with Gasteiger partial charge in [-0.3, -0.25) is 4.90 Å². The van der Waals surface area contributed by atoms with E-state index in [0.717, 1.165) is 19.4 Å². The Morgan fingerprint density at radius 1 is 1.47 bits per heavy atom. The summed E-state index contributed by atoms with van der Waals surface area (Å²) >= 11 is 0. The van der Waals surface area contributed by atoms with Crippen LogP contribution in [0.25, 0.3) is 0 Å². The summed E-state index contributed by atoms with van der Waals surface area (Å²) in [6.45, 7) is 2.48. The highest BCUT2D eigenvalue weighted by atomic mass is 19.4. The van der Waals surface area contributed by atoms with Gasteiger partial charge < -0.3 is 5.11 Å². The maximum Gasteiger partial charge on any atom is 0.390 e. The molecule has 0 aromatic rings. The minimum atomic E-state index is -4.07. The lowest BCUT2D eigenvalue weighted by molar-refractivity contribution is -0.138. The number of aliphatic hydroxyl groups is 1. The Hall–Kier alpha value is -0.290. The Morgan fingerprint density at radius 2 is 2.13 bits per heavy atom. The topological polar surface area (TPSA) is 23.5 Å². The van der Waals surface area contributed by atoms with Gasteiger partial charge >= 0.3 is 6.18 Å². The van der Waals surface area contributed by atoms with Crippen molar-refractivity contribution in [1.82, 2.24) is 4.90 Å². The number of alkyl halides is 3. The van der Waals surface area contributed by atoms with Gasteiger partial charge in [0.05, 0.1) is 12.5 Å². The summed E-state index contributed by atoms with van der Waals surface area (Å²) < 4.78 is 36.1. The van der Waals surface area contributed by atoms with Crippen molar-refractivity contribution in [2.24, 2.45) is 0 Å². The van der Waals surface area contributed by atoms with E-state index >= 15 is 0 Å². The Kier molecular flexibility index (Phi) is 4.40. The van der Waals surface area contributed by atoms with Gasteiger partial charge in [-0.15, -0.1) is 0 Å². The lowest BCUT2D eigenvalue weighted by Crippen LogP contribution is -2.34. The van der Waals surface area contributed by atoms with Crippen LogP contribution in [-0.2, 0) is 0 Å². The molecule has 15 heavy (non-hydrogen) atoms. The molecular weight excluding hydrogens is 207 g/mol. The second kappa shape index (κ2) is 5.16. The summed E-state index contributed by atoms with van der Waals surface area (Å²) in [4.78, 5) is 1.85. The van der Waals surface area contributed by atoms with Crippen LogP contribution in [0, 0.1) is 0 Å². The predicted molar refractivity (Wildman–Crippen MR) is 51.6 cm³/mol. The molecule has 1 N–H and O–H groups in total. The third-order valence-corrected chi connectivity index (χ3v) is 2.79. The molecule has 0 aromatic carbocycles. The molecule has 1 heterocycles. The van der Waals surface area contributed by atoms with Crippen LogP contribution >= 0.6 is 0 Å². The van der Waals surface area contributed by atoms with E-state index in [2.05, 4.69) is 0 Å². The maximum atomic E-state index is 12.0. The van der Waals surface area contributed by atoms with Crippen LogP contribution in [0.5, 0.6) is 0 Å². The van der Waals surface area contributed by atoms with Crippen LogP contribution in [0.4, 0.5) is 13.2 Å². The number of rotatable bonds is 4. The van der Waals surface area contributed by atoms with E-state index in [4.69, 9.17) is 0 Å². The monoisotopic (exact) mass is 225 g/mol. The van der Waals surface area contributed by atoms with Gasteiger partial charge in [0.1, 0.15) is 0 Å². The van der Waals surface area contributed by atoms with E-state index < -0.39 is 18.7 Å². The molecule has 90 valence electrons. The highest BCUT2D eigenvalue weighted by molar-refractivity contribution is 4.80. The summed E-state index contributed by atoms with van der Waals surface area (Å²) in [6.07, 6.45) is -2.82. The molecule has 1 aliphatic heterocycles. The zero-order valence-corrected chi connectivity index (χ0v) is 8.93. The van der Waals surface area contributed by atoms with Crippen molar-refractivity contribution in [2.45, 2.75) is 50.9 Å². The molecule has 0 spiro atoms. The second-order valence-corrected chi connectivity index (χ2v) is 4.28. The number of hydrogen-bond donors (Lipinski definition) is 1. The van der Waals surface area contributed by atoms with E-state index in [1.54, 1.807) is 6.92 Å². The van der Waals surface area contributed by atoms with Gasteiger partial charge in [-0.25, -0.2) is 0 Å². The van der Waals surface area contributed by atoms with Crippen molar-refractivity contribution < 1.29 is 18.3 Å².